The number of hydrogen-bond donors (Lipinski definition) is 2. The Hall–Kier alpha value is -0.860. The molecule has 110 valence electrons. The Labute approximate surface area is 123 Å². The van der Waals surface area contributed by atoms with Crippen molar-refractivity contribution in [3.63, 3.8) is 0 Å². The largest absolute Gasteiger partial charge is 0.314 e. The minimum absolute atomic E-state index is 0.461. The fraction of sp³-hybridized carbons (Fsp3) is 0.667. The lowest BCUT2D eigenvalue weighted by Gasteiger charge is -2.38. The quantitative estimate of drug-likeness (QED) is 0.874. The fourth-order valence-electron chi connectivity index (χ4n) is 4.08. The molecule has 0 amide bonds. The van der Waals surface area contributed by atoms with Gasteiger partial charge in [-0.1, -0.05) is 43.2 Å². The highest BCUT2D eigenvalue weighted by molar-refractivity contribution is 5.18. The molecule has 1 aromatic rings. The average Bonchev–Trinajstić information content (AvgIpc) is 3.03. The molecule has 0 bridgehead atoms. The monoisotopic (exact) mass is 272 g/mol. The first-order valence-corrected chi connectivity index (χ1v) is 8.39. The summed E-state index contributed by atoms with van der Waals surface area (Å²) in [7, 11) is 0. The van der Waals surface area contributed by atoms with Crippen LogP contribution in [0, 0.1) is 5.92 Å². The Morgan fingerprint density at radius 3 is 2.60 bits per heavy atom. The fourth-order valence-corrected chi connectivity index (χ4v) is 4.08. The van der Waals surface area contributed by atoms with E-state index < -0.39 is 0 Å². The van der Waals surface area contributed by atoms with E-state index in [0.29, 0.717) is 12.1 Å². The van der Waals surface area contributed by atoms with Crippen molar-refractivity contribution >= 4 is 0 Å². The van der Waals surface area contributed by atoms with Crippen molar-refractivity contribution in [2.24, 2.45) is 5.92 Å². The summed E-state index contributed by atoms with van der Waals surface area (Å²) in [6.07, 6.45) is 8.30. The smallest absolute Gasteiger partial charge is 0.0294 e. The molecule has 20 heavy (non-hydrogen) atoms. The Morgan fingerprint density at radius 1 is 1.05 bits per heavy atom. The molecule has 2 nitrogen and oxygen atoms in total. The Balaban J connectivity index is 1.64. The zero-order valence-corrected chi connectivity index (χ0v) is 12.6. The van der Waals surface area contributed by atoms with Crippen molar-refractivity contribution in [2.75, 3.05) is 6.54 Å². The van der Waals surface area contributed by atoms with Gasteiger partial charge in [0.05, 0.1) is 0 Å². The molecule has 0 spiro atoms. The molecule has 2 N–H and O–H groups in total. The second-order valence-electron chi connectivity index (χ2n) is 6.56. The molecular formula is C18H28N2. The van der Waals surface area contributed by atoms with Gasteiger partial charge in [-0.05, 0) is 50.6 Å². The predicted molar refractivity (Wildman–Crippen MR) is 84.8 cm³/mol. The van der Waals surface area contributed by atoms with Gasteiger partial charge in [-0.2, -0.15) is 0 Å². The van der Waals surface area contributed by atoms with Crippen molar-refractivity contribution in [1.29, 1.82) is 0 Å². The first-order valence-electron chi connectivity index (χ1n) is 8.39. The van der Waals surface area contributed by atoms with Crippen LogP contribution in [0.5, 0.6) is 0 Å². The van der Waals surface area contributed by atoms with Crippen LogP contribution in [-0.4, -0.2) is 18.6 Å². The average molecular weight is 272 g/mol. The molecule has 3 unspecified atom stereocenters. The minimum atomic E-state index is 0.461. The van der Waals surface area contributed by atoms with Crippen molar-refractivity contribution in [3.8, 4) is 0 Å². The molecule has 4 atom stereocenters. The predicted octanol–water partition coefficient (Wildman–Crippen LogP) is 3.65. The second kappa shape index (κ2) is 6.73. The summed E-state index contributed by atoms with van der Waals surface area (Å²) in [6.45, 7) is 3.53. The van der Waals surface area contributed by atoms with Gasteiger partial charge in [0.1, 0.15) is 0 Å². The maximum absolute atomic E-state index is 3.92. The third kappa shape index (κ3) is 3.24. The van der Waals surface area contributed by atoms with Crippen LogP contribution >= 0.6 is 0 Å². The maximum atomic E-state index is 3.92. The molecule has 3 rings (SSSR count). The van der Waals surface area contributed by atoms with Crippen LogP contribution in [0.3, 0.4) is 0 Å². The standard InChI is InChI=1S/C18H28N2/c1-14(15-8-3-2-4-9-15)20-18-11-6-5-10-16(18)17-12-7-13-19-17/h2-4,8-9,14,16-20H,5-7,10-13H2,1H3/t14-,16?,17?,18?/m1/s1. The van der Waals surface area contributed by atoms with E-state index in [0.717, 1.165) is 12.0 Å². The summed E-state index contributed by atoms with van der Waals surface area (Å²) >= 11 is 0. The summed E-state index contributed by atoms with van der Waals surface area (Å²) in [6, 6.07) is 12.8. The first-order chi connectivity index (χ1) is 9.84. The van der Waals surface area contributed by atoms with Crippen LogP contribution in [0.1, 0.15) is 57.1 Å². The van der Waals surface area contributed by atoms with Gasteiger partial charge in [0.25, 0.3) is 0 Å². The topological polar surface area (TPSA) is 24.1 Å². The van der Waals surface area contributed by atoms with Crippen LogP contribution in [-0.2, 0) is 0 Å². The lowest BCUT2D eigenvalue weighted by Crippen LogP contribution is -2.47. The number of benzene rings is 1. The lowest BCUT2D eigenvalue weighted by atomic mass is 9.79. The van der Waals surface area contributed by atoms with E-state index in [1.807, 2.05) is 0 Å². The van der Waals surface area contributed by atoms with Gasteiger partial charge in [-0.25, -0.2) is 0 Å². The van der Waals surface area contributed by atoms with Gasteiger partial charge >= 0.3 is 0 Å². The van der Waals surface area contributed by atoms with Crippen molar-refractivity contribution in [1.82, 2.24) is 10.6 Å². The van der Waals surface area contributed by atoms with Crippen molar-refractivity contribution in [3.05, 3.63) is 35.9 Å². The van der Waals surface area contributed by atoms with E-state index in [1.165, 1.54) is 50.6 Å². The highest BCUT2D eigenvalue weighted by Gasteiger charge is 2.33. The van der Waals surface area contributed by atoms with Crippen molar-refractivity contribution < 1.29 is 0 Å². The third-order valence-electron chi connectivity index (χ3n) is 5.20. The van der Waals surface area contributed by atoms with Crippen molar-refractivity contribution in [2.45, 2.75) is 63.6 Å². The molecule has 1 aliphatic carbocycles. The molecule has 1 heterocycles. The molecule has 0 radical (unpaired) electrons. The van der Waals surface area contributed by atoms with Gasteiger partial charge in [0.2, 0.25) is 0 Å². The van der Waals surface area contributed by atoms with E-state index in [1.54, 1.807) is 0 Å². The minimum Gasteiger partial charge on any atom is -0.314 e. The van der Waals surface area contributed by atoms with Crippen LogP contribution in [0.4, 0.5) is 0 Å². The van der Waals surface area contributed by atoms with Gasteiger partial charge in [-0.3, -0.25) is 0 Å². The molecule has 1 saturated carbocycles. The third-order valence-corrected chi connectivity index (χ3v) is 5.20. The molecule has 2 fully saturated rings. The number of rotatable bonds is 4. The van der Waals surface area contributed by atoms with E-state index in [9.17, 15) is 0 Å². The molecule has 1 saturated heterocycles. The summed E-state index contributed by atoms with van der Waals surface area (Å²) in [4.78, 5) is 0. The molecule has 2 aliphatic rings. The molecule has 0 aromatic heterocycles. The van der Waals surface area contributed by atoms with Gasteiger partial charge in [0.15, 0.2) is 0 Å². The number of nitrogens with one attached hydrogen (secondary N) is 2. The number of hydrogen-bond acceptors (Lipinski definition) is 2. The van der Waals surface area contributed by atoms with E-state index in [4.69, 9.17) is 0 Å². The zero-order valence-electron chi connectivity index (χ0n) is 12.6. The van der Waals surface area contributed by atoms with E-state index in [2.05, 4.69) is 47.9 Å². The lowest BCUT2D eigenvalue weighted by molar-refractivity contribution is 0.203. The van der Waals surface area contributed by atoms with Gasteiger partial charge in [0, 0.05) is 18.1 Å². The molecular weight excluding hydrogens is 244 g/mol. The highest BCUT2D eigenvalue weighted by atomic mass is 15.0. The van der Waals surface area contributed by atoms with Crippen LogP contribution < -0.4 is 10.6 Å². The Kier molecular flexibility index (Phi) is 4.74. The van der Waals surface area contributed by atoms with E-state index >= 15 is 0 Å². The van der Waals surface area contributed by atoms with Crippen LogP contribution in [0.2, 0.25) is 0 Å². The SMILES string of the molecule is C[C@@H](NC1CCCCC1C1CCCN1)c1ccccc1. The Bertz CT molecular complexity index is 397. The molecule has 1 aliphatic heterocycles. The molecule has 2 heteroatoms. The summed E-state index contributed by atoms with van der Waals surface area (Å²) in [5.41, 5.74) is 1.41. The summed E-state index contributed by atoms with van der Waals surface area (Å²) in [5, 5.41) is 7.65. The van der Waals surface area contributed by atoms with Crippen LogP contribution in [0.15, 0.2) is 30.3 Å². The summed E-state index contributed by atoms with van der Waals surface area (Å²) < 4.78 is 0. The molecule has 1 aromatic carbocycles. The first kappa shape index (κ1) is 14.1. The zero-order chi connectivity index (χ0) is 13.8. The highest BCUT2D eigenvalue weighted by Crippen LogP contribution is 2.32. The van der Waals surface area contributed by atoms with Gasteiger partial charge < -0.3 is 10.6 Å². The second-order valence-corrected chi connectivity index (χ2v) is 6.56. The van der Waals surface area contributed by atoms with Gasteiger partial charge in [-0.15, -0.1) is 0 Å². The normalized spacial score (nSPS) is 32.1. The van der Waals surface area contributed by atoms with E-state index in [-0.39, 0.29) is 0 Å². The maximum Gasteiger partial charge on any atom is 0.0294 e. The Morgan fingerprint density at radius 2 is 1.85 bits per heavy atom. The summed E-state index contributed by atoms with van der Waals surface area (Å²) in [5.74, 6) is 0.831. The van der Waals surface area contributed by atoms with Crippen LogP contribution in [0.25, 0.3) is 0 Å².